The molecule has 0 atom stereocenters. The van der Waals surface area contributed by atoms with E-state index in [-0.39, 0.29) is 17.5 Å². The summed E-state index contributed by atoms with van der Waals surface area (Å²) in [6.45, 7) is 0. The van der Waals surface area contributed by atoms with Crippen molar-refractivity contribution in [2.75, 3.05) is 12.4 Å². The minimum Gasteiger partial charge on any atom is -0.482 e. The van der Waals surface area contributed by atoms with Gasteiger partial charge in [-0.05, 0) is 12.8 Å². The molecule has 0 saturated heterocycles. The van der Waals surface area contributed by atoms with Crippen molar-refractivity contribution in [1.82, 2.24) is 4.98 Å². The van der Waals surface area contributed by atoms with E-state index in [1.165, 1.54) is 12.4 Å². The van der Waals surface area contributed by atoms with Crippen molar-refractivity contribution >= 4 is 11.4 Å². The zero-order valence-electron chi connectivity index (χ0n) is 8.27. The number of hydrogen-bond acceptors (Lipinski definition) is 5. The van der Waals surface area contributed by atoms with E-state index in [1.54, 1.807) is 7.05 Å². The highest BCUT2D eigenvalue weighted by Crippen LogP contribution is 2.37. The molecule has 80 valence electrons. The molecule has 0 radical (unpaired) electrons. The number of hydrogen-bond donors (Lipinski definition) is 1. The molecule has 0 spiro atoms. The van der Waals surface area contributed by atoms with E-state index >= 15 is 0 Å². The van der Waals surface area contributed by atoms with Crippen molar-refractivity contribution in [2.24, 2.45) is 0 Å². The van der Waals surface area contributed by atoms with Crippen LogP contribution in [0.2, 0.25) is 0 Å². The van der Waals surface area contributed by atoms with Crippen LogP contribution in [0.5, 0.6) is 5.75 Å². The highest BCUT2D eigenvalue weighted by Gasteiger charge is 2.29. The Kier molecular flexibility index (Phi) is 2.40. The van der Waals surface area contributed by atoms with Gasteiger partial charge in [-0.1, -0.05) is 0 Å². The lowest BCUT2D eigenvalue weighted by Crippen LogP contribution is -2.03. The van der Waals surface area contributed by atoms with E-state index in [2.05, 4.69) is 10.3 Å². The Morgan fingerprint density at radius 1 is 1.60 bits per heavy atom. The molecule has 15 heavy (non-hydrogen) atoms. The predicted octanol–water partition coefficient (Wildman–Crippen LogP) is 1.57. The number of ether oxygens (including phenoxy) is 1. The number of nitrogens with zero attached hydrogens (tertiary/aromatic N) is 2. The Hall–Kier alpha value is -1.85. The molecule has 6 nitrogen and oxygen atoms in total. The molecule has 0 aromatic carbocycles. The largest absolute Gasteiger partial charge is 0.482 e. The molecule has 1 heterocycles. The summed E-state index contributed by atoms with van der Waals surface area (Å²) in [7, 11) is 1.62. The molecule has 2 rings (SSSR count). The second kappa shape index (κ2) is 3.72. The van der Waals surface area contributed by atoms with Crippen molar-refractivity contribution in [3.05, 3.63) is 22.5 Å². The standard InChI is InChI=1S/C9H11N3O3/c1-10-7-4-11-5-8(9(7)12(13)14)15-6-2-3-6/h4-6,10H,2-3H2,1H3. The fraction of sp³-hybridized carbons (Fsp3) is 0.444. The maximum Gasteiger partial charge on any atom is 0.336 e. The van der Waals surface area contributed by atoms with Gasteiger partial charge >= 0.3 is 5.69 Å². The molecule has 0 unspecified atom stereocenters. The van der Waals surface area contributed by atoms with Gasteiger partial charge in [0, 0.05) is 7.05 Å². The first-order valence-electron chi connectivity index (χ1n) is 4.69. The molecule has 0 amide bonds. The van der Waals surface area contributed by atoms with Crippen molar-refractivity contribution in [3.63, 3.8) is 0 Å². The molecule has 1 aliphatic carbocycles. The van der Waals surface area contributed by atoms with Gasteiger partial charge in [0.25, 0.3) is 0 Å². The lowest BCUT2D eigenvalue weighted by molar-refractivity contribution is -0.385. The first kappa shape index (κ1) is 9.70. The summed E-state index contributed by atoms with van der Waals surface area (Å²) in [5, 5.41) is 13.6. The fourth-order valence-electron chi connectivity index (χ4n) is 1.26. The number of nitrogens with one attached hydrogen (secondary N) is 1. The maximum atomic E-state index is 10.9. The van der Waals surface area contributed by atoms with Gasteiger partial charge in [0.15, 0.2) is 0 Å². The van der Waals surface area contributed by atoms with Crippen molar-refractivity contribution < 1.29 is 9.66 Å². The zero-order valence-corrected chi connectivity index (χ0v) is 8.27. The first-order valence-corrected chi connectivity index (χ1v) is 4.69. The van der Waals surface area contributed by atoms with Gasteiger partial charge in [-0.2, -0.15) is 0 Å². The average molecular weight is 209 g/mol. The van der Waals surface area contributed by atoms with Crippen molar-refractivity contribution in [1.29, 1.82) is 0 Å². The number of aromatic nitrogens is 1. The smallest absolute Gasteiger partial charge is 0.336 e. The molecular formula is C9H11N3O3. The summed E-state index contributed by atoms with van der Waals surface area (Å²) in [6, 6.07) is 0. The summed E-state index contributed by atoms with van der Waals surface area (Å²) in [4.78, 5) is 14.3. The van der Waals surface area contributed by atoms with E-state index < -0.39 is 4.92 Å². The first-order chi connectivity index (χ1) is 7.22. The highest BCUT2D eigenvalue weighted by atomic mass is 16.6. The Labute approximate surface area is 86.4 Å². The second-order valence-electron chi connectivity index (χ2n) is 3.36. The third-order valence-electron chi connectivity index (χ3n) is 2.15. The van der Waals surface area contributed by atoms with Gasteiger partial charge < -0.3 is 10.1 Å². The van der Waals surface area contributed by atoms with Crippen LogP contribution < -0.4 is 10.1 Å². The van der Waals surface area contributed by atoms with Crippen LogP contribution in [-0.4, -0.2) is 23.1 Å². The van der Waals surface area contributed by atoms with Crippen LogP contribution in [-0.2, 0) is 0 Å². The Bertz CT molecular complexity index is 390. The van der Waals surface area contributed by atoms with E-state index in [1.807, 2.05) is 0 Å². The quantitative estimate of drug-likeness (QED) is 0.601. The molecule has 1 aliphatic rings. The van der Waals surface area contributed by atoms with Gasteiger partial charge in [0.2, 0.25) is 5.75 Å². The van der Waals surface area contributed by atoms with E-state index in [9.17, 15) is 10.1 Å². The van der Waals surface area contributed by atoms with Crippen LogP contribution in [0, 0.1) is 10.1 Å². The van der Waals surface area contributed by atoms with E-state index in [4.69, 9.17) is 4.74 Å². The molecule has 1 saturated carbocycles. The Morgan fingerprint density at radius 2 is 2.33 bits per heavy atom. The maximum absolute atomic E-state index is 10.9. The van der Waals surface area contributed by atoms with Crippen LogP contribution in [0.25, 0.3) is 0 Å². The highest BCUT2D eigenvalue weighted by molar-refractivity contribution is 5.66. The number of nitro groups is 1. The summed E-state index contributed by atoms with van der Waals surface area (Å²) in [5.41, 5.74) is 0.331. The van der Waals surface area contributed by atoms with Gasteiger partial charge in [0.05, 0.1) is 23.4 Å². The molecular weight excluding hydrogens is 198 g/mol. The monoisotopic (exact) mass is 209 g/mol. The Balaban J connectivity index is 2.37. The van der Waals surface area contributed by atoms with Gasteiger partial charge in [-0.15, -0.1) is 0 Å². The molecule has 1 N–H and O–H groups in total. The summed E-state index contributed by atoms with van der Waals surface area (Å²) in [5.74, 6) is 0.245. The molecule has 1 aromatic heterocycles. The summed E-state index contributed by atoms with van der Waals surface area (Å²) in [6.07, 6.45) is 4.84. The predicted molar refractivity (Wildman–Crippen MR) is 54.1 cm³/mol. The fourth-order valence-corrected chi connectivity index (χ4v) is 1.26. The van der Waals surface area contributed by atoms with Gasteiger partial charge in [0.1, 0.15) is 5.69 Å². The van der Waals surface area contributed by atoms with Crippen LogP contribution >= 0.6 is 0 Å². The summed E-state index contributed by atoms with van der Waals surface area (Å²) < 4.78 is 5.42. The van der Waals surface area contributed by atoms with Crippen LogP contribution in [0.1, 0.15) is 12.8 Å². The SMILES string of the molecule is CNc1cncc(OC2CC2)c1[N+](=O)[O-]. The molecule has 0 aliphatic heterocycles. The van der Waals surface area contributed by atoms with Crippen LogP contribution in [0.15, 0.2) is 12.4 Å². The average Bonchev–Trinajstić information content (AvgIpc) is 3.01. The minimum atomic E-state index is -0.453. The lowest BCUT2D eigenvalue weighted by atomic mass is 10.3. The van der Waals surface area contributed by atoms with Gasteiger partial charge in [-0.3, -0.25) is 15.1 Å². The third kappa shape index (κ3) is 1.98. The van der Waals surface area contributed by atoms with E-state index in [0.717, 1.165) is 12.8 Å². The molecule has 0 bridgehead atoms. The van der Waals surface area contributed by atoms with Crippen molar-refractivity contribution in [3.8, 4) is 5.75 Å². The summed E-state index contributed by atoms with van der Waals surface area (Å²) >= 11 is 0. The normalized spacial score (nSPS) is 14.7. The van der Waals surface area contributed by atoms with Crippen LogP contribution in [0.3, 0.4) is 0 Å². The third-order valence-corrected chi connectivity index (χ3v) is 2.15. The Morgan fingerprint density at radius 3 is 2.87 bits per heavy atom. The number of anilines is 1. The van der Waals surface area contributed by atoms with Crippen molar-refractivity contribution in [2.45, 2.75) is 18.9 Å². The zero-order chi connectivity index (χ0) is 10.8. The van der Waals surface area contributed by atoms with Crippen LogP contribution in [0.4, 0.5) is 11.4 Å². The number of rotatable bonds is 4. The van der Waals surface area contributed by atoms with E-state index in [0.29, 0.717) is 5.69 Å². The molecule has 6 heteroatoms. The lowest BCUT2D eigenvalue weighted by Gasteiger charge is -2.07. The second-order valence-corrected chi connectivity index (χ2v) is 3.36. The van der Waals surface area contributed by atoms with Gasteiger partial charge in [-0.25, -0.2) is 0 Å². The number of pyridine rings is 1. The molecule has 1 aromatic rings. The molecule has 1 fully saturated rings. The topological polar surface area (TPSA) is 77.3 Å². The minimum absolute atomic E-state index is 0.0422.